The summed E-state index contributed by atoms with van der Waals surface area (Å²) in [5.41, 5.74) is 2.08. The Morgan fingerprint density at radius 1 is 1.29 bits per heavy atom. The van der Waals surface area contributed by atoms with Crippen LogP contribution in [0.4, 0.5) is 10.8 Å². The van der Waals surface area contributed by atoms with Gasteiger partial charge in [0.25, 0.3) is 11.6 Å². The lowest BCUT2D eigenvalue weighted by Crippen LogP contribution is -2.43. The minimum absolute atomic E-state index is 0.0540. The van der Waals surface area contributed by atoms with E-state index in [-0.39, 0.29) is 11.6 Å². The van der Waals surface area contributed by atoms with Crippen LogP contribution in [-0.2, 0) is 4.74 Å². The lowest BCUT2D eigenvalue weighted by atomic mass is 10.2. The molecule has 0 atom stereocenters. The number of carbonyl (C=O) groups excluding carboxylic acids is 1. The van der Waals surface area contributed by atoms with Crippen molar-refractivity contribution >= 4 is 49.9 Å². The van der Waals surface area contributed by atoms with E-state index in [1.165, 1.54) is 35.6 Å². The second kappa shape index (κ2) is 9.27. The third-order valence-electron chi connectivity index (χ3n) is 5.18. The van der Waals surface area contributed by atoms with E-state index < -0.39 is 4.92 Å². The molecule has 8 nitrogen and oxygen atoms in total. The van der Waals surface area contributed by atoms with Crippen molar-refractivity contribution in [3.8, 4) is 0 Å². The van der Waals surface area contributed by atoms with Crippen molar-refractivity contribution in [2.75, 3.05) is 44.3 Å². The number of hydrogen-bond donors (Lipinski definition) is 0. The van der Waals surface area contributed by atoms with Crippen LogP contribution < -0.4 is 4.90 Å². The molecule has 3 aromatic rings. The quantitative estimate of drug-likeness (QED) is 0.405. The van der Waals surface area contributed by atoms with E-state index in [1.54, 1.807) is 4.90 Å². The fourth-order valence-electron chi connectivity index (χ4n) is 3.49. The first-order chi connectivity index (χ1) is 14.9. The molecule has 0 unspecified atom stereocenters. The number of hydrogen-bond acceptors (Lipinski definition) is 7. The molecule has 0 N–H and O–H groups in total. The van der Waals surface area contributed by atoms with E-state index in [0.29, 0.717) is 42.0 Å². The lowest BCUT2D eigenvalue weighted by molar-refractivity contribution is -0.384. The highest BCUT2D eigenvalue weighted by atomic mass is 35.5. The first-order valence-electron chi connectivity index (χ1n) is 9.85. The van der Waals surface area contributed by atoms with Gasteiger partial charge in [-0.05, 0) is 36.8 Å². The smallest absolute Gasteiger partial charge is 0.269 e. The number of amides is 1. The number of aromatic nitrogens is 1. The molecule has 1 aliphatic heterocycles. The zero-order valence-electron chi connectivity index (χ0n) is 16.9. The number of anilines is 1. The maximum Gasteiger partial charge on any atom is 0.269 e. The topological polar surface area (TPSA) is 88.8 Å². The largest absolute Gasteiger partial charge is 0.379 e. The van der Waals surface area contributed by atoms with Crippen LogP contribution in [-0.4, -0.2) is 60.1 Å². The number of nitro benzene ring substituents is 1. The van der Waals surface area contributed by atoms with Crippen molar-refractivity contribution in [2.24, 2.45) is 0 Å². The Balaban J connectivity index is 1.65. The number of morpholine rings is 1. The molecule has 1 fully saturated rings. The first-order valence-corrected chi connectivity index (χ1v) is 11.0. The second-order valence-electron chi connectivity index (χ2n) is 7.28. The van der Waals surface area contributed by atoms with E-state index in [2.05, 4.69) is 4.90 Å². The molecule has 1 aliphatic rings. The Kier molecular flexibility index (Phi) is 6.47. The molecule has 162 valence electrons. The van der Waals surface area contributed by atoms with Gasteiger partial charge in [0.05, 0.1) is 28.4 Å². The number of halogens is 1. The molecule has 0 radical (unpaired) electrons. The van der Waals surface area contributed by atoms with E-state index in [0.717, 1.165) is 28.9 Å². The molecule has 0 bridgehead atoms. The number of rotatable bonds is 6. The molecule has 2 aromatic carbocycles. The molecule has 10 heteroatoms. The van der Waals surface area contributed by atoms with Crippen molar-refractivity contribution in [3.63, 3.8) is 0 Å². The molecule has 1 saturated heterocycles. The van der Waals surface area contributed by atoms with Crippen molar-refractivity contribution in [1.82, 2.24) is 9.88 Å². The van der Waals surface area contributed by atoms with Crippen molar-refractivity contribution in [2.45, 2.75) is 6.92 Å². The number of fused-ring (bicyclic) bond motifs is 1. The number of nitro groups is 1. The Labute approximate surface area is 188 Å². The molecule has 1 amide bonds. The molecule has 2 heterocycles. The normalized spacial score (nSPS) is 14.6. The predicted molar refractivity (Wildman–Crippen MR) is 121 cm³/mol. The Morgan fingerprint density at radius 3 is 2.68 bits per heavy atom. The van der Waals surface area contributed by atoms with Gasteiger partial charge >= 0.3 is 0 Å². The number of benzene rings is 2. The van der Waals surface area contributed by atoms with Gasteiger partial charge in [-0.2, -0.15) is 0 Å². The number of thiazole rings is 1. The number of carbonyl (C=O) groups is 1. The zero-order valence-corrected chi connectivity index (χ0v) is 18.5. The standard InChI is InChI=1S/C21H21ClN4O4S/c1-14-12-16(22)13-18-19(14)23-21(31-18)25(7-6-24-8-10-30-11-9-24)20(27)15-2-4-17(5-3-15)26(28)29/h2-5,12-13H,6-11H2,1H3. The summed E-state index contributed by atoms with van der Waals surface area (Å²) in [6, 6.07) is 9.35. The van der Waals surface area contributed by atoms with Crippen LogP contribution in [0.2, 0.25) is 5.02 Å². The van der Waals surface area contributed by atoms with Gasteiger partial charge < -0.3 is 4.74 Å². The second-order valence-corrected chi connectivity index (χ2v) is 8.73. The summed E-state index contributed by atoms with van der Waals surface area (Å²) in [5.74, 6) is -0.244. The highest BCUT2D eigenvalue weighted by Crippen LogP contribution is 2.33. The van der Waals surface area contributed by atoms with E-state index >= 15 is 0 Å². The average molecular weight is 461 g/mol. The van der Waals surface area contributed by atoms with Crippen LogP contribution >= 0.6 is 22.9 Å². The fraction of sp³-hybridized carbons (Fsp3) is 0.333. The van der Waals surface area contributed by atoms with Crippen molar-refractivity contribution < 1.29 is 14.5 Å². The SMILES string of the molecule is Cc1cc(Cl)cc2sc(N(CCN3CCOCC3)C(=O)c3ccc([N+](=O)[O-])cc3)nc12. The minimum Gasteiger partial charge on any atom is -0.379 e. The maximum atomic E-state index is 13.4. The molecule has 0 saturated carbocycles. The summed E-state index contributed by atoms with van der Waals surface area (Å²) in [7, 11) is 0. The number of aryl methyl sites for hydroxylation is 1. The number of ether oxygens (including phenoxy) is 1. The summed E-state index contributed by atoms with van der Waals surface area (Å²) in [6.45, 7) is 6.04. The molecular formula is C21H21ClN4O4S. The van der Waals surface area contributed by atoms with E-state index in [1.807, 2.05) is 19.1 Å². The first kappa shape index (κ1) is 21.6. The van der Waals surface area contributed by atoms with Gasteiger partial charge in [-0.15, -0.1) is 0 Å². The summed E-state index contributed by atoms with van der Waals surface area (Å²) >= 11 is 7.61. The molecule has 1 aromatic heterocycles. The minimum atomic E-state index is -0.482. The zero-order chi connectivity index (χ0) is 22.0. The maximum absolute atomic E-state index is 13.4. The molecule has 4 rings (SSSR count). The third-order valence-corrected chi connectivity index (χ3v) is 6.43. The number of nitrogens with zero attached hydrogens (tertiary/aromatic N) is 4. The van der Waals surface area contributed by atoms with Gasteiger partial charge in [0.1, 0.15) is 0 Å². The van der Waals surface area contributed by atoms with Gasteiger partial charge in [0.15, 0.2) is 5.13 Å². The lowest BCUT2D eigenvalue weighted by Gasteiger charge is -2.29. The van der Waals surface area contributed by atoms with Crippen LogP contribution in [0.15, 0.2) is 36.4 Å². The predicted octanol–water partition coefficient (Wildman–Crippen LogP) is 4.15. The monoisotopic (exact) mass is 460 g/mol. The van der Waals surface area contributed by atoms with Crippen LogP contribution in [0.5, 0.6) is 0 Å². The summed E-state index contributed by atoms with van der Waals surface area (Å²) < 4.78 is 6.31. The Morgan fingerprint density at radius 2 is 2.00 bits per heavy atom. The molecule has 0 aliphatic carbocycles. The highest BCUT2D eigenvalue weighted by Gasteiger charge is 2.24. The average Bonchev–Trinajstić information content (AvgIpc) is 3.18. The van der Waals surface area contributed by atoms with Gasteiger partial charge in [0, 0.05) is 48.9 Å². The third kappa shape index (κ3) is 4.85. The molecular weight excluding hydrogens is 440 g/mol. The Hall–Kier alpha value is -2.59. The fourth-order valence-corrected chi connectivity index (χ4v) is 4.93. The Bertz CT molecular complexity index is 1110. The van der Waals surface area contributed by atoms with Crippen LogP contribution in [0, 0.1) is 17.0 Å². The highest BCUT2D eigenvalue weighted by molar-refractivity contribution is 7.22. The van der Waals surface area contributed by atoms with Crippen molar-refractivity contribution in [3.05, 3.63) is 62.7 Å². The van der Waals surface area contributed by atoms with E-state index in [4.69, 9.17) is 21.3 Å². The van der Waals surface area contributed by atoms with Gasteiger partial charge in [-0.1, -0.05) is 22.9 Å². The van der Waals surface area contributed by atoms with Gasteiger partial charge in [-0.25, -0.2) is 4.98 Å². The van der Waals surface area contributed by atoms with Crippen molar-refractivity contribution in [1.29, 1.82) is 0 Å². The van der Waals surface area contributed by atoms with Gasteiger partial charge in [-0.3, -0.25) is 24.7 Å². The van der Waals surface area contributed by atoms with Crippen LogP contribution in [0.3, 0.4) is 0 Å². The summed E-state index contributed by atoms with van der Waals surface area (Å²) in [6.07, 6.45) is 0. The summed E-state index contributed by atoms with van der Waals surface area (Å²) in [5, 5.41) is 12.2. The molecule has 31 heavy (non-hydrogen) atoms. The van der Waals surface area contributed by atoms with Crippen LogP contribution in [0.25, 0.3) is 10.2 Å². The number of non-ortho nitro benzene ring substituents is 1. The van der Waals surface area contributed by atoms with Crippen LogP contribution in [0.1, 0.15) is 15.9 Å². The van der Waals surface area contributed by atoms with Gasteiger partial charge in [0.2, 0.25) is 0 Å². The molecule has 0 spiro atoms. The summed E-state index contributed by atoms with van der Waals surface area (Å²) in [4.78, 5) is 32.5. The van der Waals surface area contributed by atoms with E-state index in [9.17, 15) is 14.9 Å².